The number of carbonyl (C=O) groups excluding carboxylic acids is 2. The minimum atomic E-state index is -3.56. The number of aromatic nitrogens is 4. The number of aromatic amines is 2. The Balaban J connectivity index is 1.12. The molecule has 4 aromatic rings. The molecule has 4 atom stereocenters. The fraction of sp³-hybridized carbons (Fsp3) is 0.474. The number of hydrogen-bond donors (Lipinski definition) is 4. The van der Waals surface area contributed by atoms with E-state index >= 15 is 0 Å². The molecule has 0 aliphatic carbocycles. The van der Waals surface area contributed by atoms with E-state index in [4.69, 9.17) is 0 Å². The predicted octanol–water partition coefficient (Wildman–Crippen LogP) is 4.61. The van der Waals surface area contributed by atoms with Gasteiger partial charge in [0.05, 0.1) is 48.4 Å². The smallest absolute Gasteiger partial charge is 0.241 e. The lowest BCUT2D eigenvalue weighted by molar-refractivity contribution is -0.135. The Kier molecular flexibility index (Phi) is 11.5. The number of sulfonamides is 2. The third-order valence-electron chi connectivity index (χ3n) is 10.2. The van der Waals surface area contributed by atoms with Crippen molar-refractivity contribution >= 4 is 31.9 Å². The van der Waals surface area contributed by atoms with Crippen molar-refractivity contribution in [3.05, 3.63) is 72.6 Å². The normalized spacial score (nSPS) is 19.2. The van der Waals surface area contributed by atoms with Crippen LogP contribution in [0.1, 0.15) is 77.1 Å². The maximum Gasteiger partial charge on any atom is 0.241 e. The highest BCUT2D eigenvalue weighted by Crippen LogP contribution is 2.35. The van der Waals surface area contributed by atoms with Gasteiger partial charge in [0.1, 0.15) is 23.7 Å². The van der Waals surface area contributed by atoms with Gasteiger partial charge in [-0.3, -0.25) is 9.59 Å². The highest BCUT2D eigenvalue weighted by atomic mass is 32.2. The van der Waals surface area contributed by atoms with E-state index in [9.17, 15) is 26.4 Å². The first-order valence-electron chi connectivity index (χ1n) is 18.4. The molecule has 14 nitrogen and oxygen atoms in total. The summed E-state index contributed by atoms with van der Waals surface area (Å²) in [5.41, 5.74) is 5.60. The zero-order chi connectivity index (χ0) is 38.9. The van der Waals surface area contributed by atoms with Gasteiger partial charge < -0.3 is 19.8 Å². The molecule has 0 saturated carbocycles. The molecule has 0 spiro atoms. The predicted molar refractivity (Wildman–Crippen MR) is 208 cm³/mol. The second-order valence-corrected chi connectivity index (χ2v) is 18.7. The molecule has 2 aromatic heterocycles. The Morgan fingerprint density at radius 1 is 0.630 bits per heavy atom. The number of benzene rings is 2. The van der Waals surface area contributed by atoms with Crippen LogP contribution in [-0.2, 0) is 29.6 Å². The van der Waals surface area contributed by atoms with Crippen molar-refractivity contribution in [3.63, 3.8) is 0 Å². The van der Waals surface area contributed by atoms with Crippen LogP contribution in [0.15, 0.2) is 60.9 Å². The number of imidazole rings is 2. The Morgan fingerprint density at radius 3 is 1.28 bits per heavy atom. The molecule has 0 radical (unpaired) electrons. The fourth-order valence-electron chi connectivity index (χ4n) is 7.38. The lowest BCUT2D eigenvalue weighted by Crippen LogP contribution is -2.50. The van der Waals surface area contributed by atoms with Gasteiger partial charge in [-0.2, -0.15) is 0 Å². The summed E-state index contributed by atoms with van der Waals surface area (Å²) in [7, 11) is -7.12. The minimum Gasteiger partial charge on any atom is -0.340 e. The number of amides is 2. The highest BCUT2D eigenvalue weighted by molar-refractivity contribution is 7.89. The third-order valence-corrected chi connectivity index (χ3v) is 11.5. The summed E-state index contributed by atoms with van der Waals surface area (Å²) < 4.78 is 52.9. The van der Waals surface area contributed by atoms with Crippen LogP contribution in [0.4, 0.5) is 0 Å². The van der Waals surface area contributed by atoms with Crippen molar-refractivity contribution < 1.29 is 26.4 Å². The van der Waals surface area contributed by atoms with Crippen LogP contribution in [0, 0.1) is 11.8 Å². The Morgan fingerprint density at radius 2 is 0.963 bits per heavy atom. The molecule has 2 fully saturated rings. The van der Waals surface area contributed by atoms with Gasteiger partial charge in [-0.15, -0.1) is 0 Å². The van der Waals surface area contributed by atoms with E-state index in [0.29, 0.717) is 24.7 Å². The summed E-state index contributed by atoms with van der Waals surface area (Å²) in [6, 6.07) is 14.1. The van der Waals surface area contributed by atoms with Gasteiger partial charge in [0.15, 0.2) is 0 Å². The molecular formula is C38H50N8O6S2. The maximum atomic E-state index is 13.5. The lowest BCUT2D eigenvalue weighted by Gasteiger charge is -2.29. The van der Waals surface area contributed by atoms with E-state index in [1.807, 2.05) is 76.2 Å². The Hall–Kier alpha value is -4.38. The first-order chi connectivity index (χ1) is 25.5. The van der Waals surface area contributed by atoms with Crippen molar-refractivity contribution in [3.8, 4) is 33.6 Å². The van der Waals surface area contributed by atoms with Crippen molar-refractivity contribution in [2.75, 3.05) is 25.6 Å². The van der Waals surface area contributed by atoms with E-state index in [-0.39, 0.29) is 35.7 Å². The molecule has 4 N–H and O–H groups in total. The van der Waals surface area contributed by atoms with Crippen LogP contribution < -0.4 is 9.44 Å². The van der Waals surface area contributed by atoms with Gasteiger partial charge in [-0.05, 0) is 59.8 Å². The molecule has 0 unspecified atom stereocenters. The molecule has 4 heterocycles. The van der Waals surface area contributed by atoms with Crippen LogP contribution in [-0.4, -0.2) is 96.1 Å². The second kappa shape index (κ2) is 15.8. The largest absolute Gasteiger partial charge is 0.340 e. The third kappa shape index (κ3) is 8.94. The van der Waals surface area contributed by atoms with Gasteiger partial charge in [0.2, 0.25) is 31.9 Å². The van der Waals surface area contributed by atoms with Crippen molar-refractivity contribution in [2.24, 2.45) is 11.8 Å². The second-order valence-electron chi connectivity index (χ2n) is 15.1. The first-order valence-corrected chi connectivity index (χ1v) is 22.1. The summed E-state index contributed by atoms with van der Waals surface area (Å²) in [6.45, 7) is 8.39. The number of carbonyl (C=O) groups is 2. The number of hydrogen-bond acceptors (Lipinski definition) is 8. The minimum absolute atomic E-state index is 0.209. The molecule has 16 heteroatoms. The summed E-state index contributed by atoms with van der Waals surface area (Å²) in [4.78, 5) is 46.5. The number of nitrogens with zero attached hydrogens (tertiary/aromatic N) is 4. The number of likely N-dealkylation sites (tertiary alicyclic amines) is 2. The van der Waals surface area contributed by atoms with Crippen LogP contribution in [0.2, 0.25) is 0 Å². The molecule has 54 heavy (non-hydrogen) atoms. The highest BCUT2D eigenvalue weighted by Gasteiger charge is 2.39. The van der Waals surface area contributed by atoms with Gasteiger partial charge in [-0.25, -0.2) is 36.2 Å². The van der Waals surface area contributed by atoms with Gasteiger partial charge >= 0.3 is 0 Å². The zero-order valence-electron chi connectivity index (χ0n) is 31.5. The molecule has 2 aromatic carbocycles. The standard InChI is InChI=1S/C38H50N8O6S2/c1-23(2)33(43-53(5,49)50)37(47)45-19-7-9-31(45)35-39-21-29(41-35)27-15-11-25(12-16-27)26-13-17-28(18-14-26)30-22-40-36(42-30)32-10-8-20-46(32)38(48)34(24(3)4)44-54(6,51)52/h11-18,21-24,31-34,43-44H,7-10,19-20H2,1-6H3,(H,39,41)(H,40,42)/t31-,32-,33+,34+/m1/s1. The molecule has 2 saturated heterocycles. The van der Waals surface area contributed by atoms with Crippen molar-refractivity contribution in [2.45, 2.75) is 77.5 Å². The number of H-pyrrole nitrogens is 2. The SMILES string of the molecule is CC(C)[C@H](NS(C)(=O)=O)C(=O)N1CCC[C@@H]1c1ncc(-c2ccc(-c3ccc(-c4cnc([C@H]5CCCN5C(=O)[C@@H](NS(C)(=O)=O)C(C)C)[nH]4)cc3)cc2)[nH]1. The summed E-state index contributed by atoms with van der Waals surface area (Å²) >= 11 is 0. The lowest BCUT2D eigenvalue weighted by atomic mass is 10.0. The van der Waals surface area contributed by atoms with Gasteiger partial charge in [-0.1, -0.05) is 76.2 Å². The molecule has 0 bridgehead atoms. The monoisotopic (exact) mass is 778 g/mol. The van der Waals surface area contributed by atoms with E-state index in [1.165, 1.54) is 0 Å². The molecule has 6 rings (SSSR count). The Labute approximate surface area is 317 Å². The molecule has 290 valence electrons. The van der Waals surface area contributed by atoms with Crippen LogP contribution >= 0.6 is 0 Å². The van der Waals surface area contributed by atoms with E-state index in [2.05, 4.69) is 29.4 Å². The Bertz CT molecular complexity index is 2020. The average molecular weight is 779 g/mol. The van der Waals surface area contributed by atoms with E-state index in [0.717, 1.165) is 71.8 Å². The zero-order valence-corrected chi connectivity index (χ0v) is 33.2. The van der Waals surface area contributed by atoms with E-state index in [1.54, 1.807) is 22.2 Å². The fourth-order valence-corrected chi connectivity index (χ4v) is 9.05. The van der Waals surface area contributed by atoms with Crippen molar-refractivity contribution in [1.82, 2.24) is 39.2 Å². The summed E-state index contributed by atoms with van der Waals surface area (Å²) in [5.74, 6) is 0.448. The molecule has 2 aliphatic rings. The number of nitrogens with one attached hydrogen (secondary N) is 4. The molecule has 2 aliphatic heterocycles. The maximum absolute atomic E-state index is 13.5. The van der Waals surface area contributed by atoms with Crippen molar-refractivity contribution in [1.29, 1.82) is 0 Å². The summed E-state index contributed by atoms with van der Waals surface area (Å²) in [5, 5.41) is 0. The van der Waals surface area contributed by atoms with E-state index < -0.39 is 32.1 Å². The van der Waals surface area contributed by atoms with Crippen LogP contribution in [0.5, 0.6) is 0 Å². The summed E-state index contributed by atoms with van der Waals surface area (Å²) in [6.07, 6.45) is 8.75. The molecule has 2 amide bonds. The molecular weight excluding hydrogens is 729 g/mol. The van der Waals surface area contributed by atoms with Gasteiger partial charge in [0, 0.05) is 13.1 Å². The quantitative estimate of drug-likeness (QED) is 0.151. The van der Waals surface area contributed by atoms with Crippen LogP contribution in [0.3, 0.4) is 0 Å². The van der Waals surface area contributed by atoms with Crippen LogP contribution in [0.25, 0.3) is 33.6 Å². The average Bonchev–Trinajstić information content (AvgIpc) is 3.95. The van der Waals surface area contributed by atoms with Gasteiger partial charge in [0.25, 0.3) is 0 Å². The topological polar surface area (TPSA) is 190 Å². The number of rotatable bonds is 13. The first kappa shape index (κ1) is 39.3.